The highest BCUT2D eigenvalue weighted by atomic mass is 127. The lowest BCUT2D eigenvalue weighted by atomic mass is 10.1. The zero-order valence-electron chi connectivity index (χ0n) is 15.2. The van der Waals surface area contributed by atoms with Crippen LogP contribution in [0.15, 0.2) is 48.5 Å². The molecule has 1 fully saturated rings. The summed E-state index contributed by atoms with van der Waals surface area (Å²) in [4.78, 5) is 40.0. The third-order valence-corrected chi connectivity index (χ3v) is 6.19. The first kappa shape index (κ1) is 20.2. The third-order valence-electron chi connectivity index (χ3n) is 4.54. The van der Waals surface area contributed by atoms with E-state index in [-0.39, 0.29) is 43.5 Å². The standard InChI is InChI=1S/C20H17IN2O5S/c21-14-6-7-16-15(10-14)17(24)22(12-28-16)8-9-27-19-18(25)23(20(26)29-19)11-13-4-2-1-3-5-13/h1-7,10,19H,8-9,11-12H2. The lowest BCUT2D eigenvalue weighted by Gasteiger charge is -2.29. The predicted molar refractivity (Wildman–Crippen MR) is 115 cm³/mol. The molecule has 0 spiro atoms. The summed E-state index contributed by atoms with van der Waals surface area (Å²) in [6, 6.07) is 14.8. The number of hydrogen-bond acceptors (Lipinski definition) is 6. The lowest BCUT2D eigenvalue weighted by molar-refractivity contribution is -0.134. The molecular formula is C20H17IN2O5S. The first-order valence-electron chi connectivity index (χ1n) is 8.92. The van der Waals surface area contributed by atoms with Gasteiger partial charge < -0.3 is 14.4 Å². The lowest BCUT2D eigenvalue weighted by Crippen LogP contribution is -2.41. The zero-order valence-corrected chi connectivity index (χ0v) is 18.2. The Morgan fingerprint density at radius 3 is 2.72 bits per heavy atom. The van der Waals surface area contributed by atoms with E-state index in [0.29, 0.717) is 11.3 Å². The van der Waals surface area contributed by atoms with E-state index in [1.165, 1.54) is 9.80 Å². The normalized spacial score (nSPS) is 18.8. The molecule has 150 valence electrons. The Morgan fingerprint density at radius 1 is 1.14 bits per heavy atom. The second-order valence-electron chi connectivity index (χ2n) is 6.48. The van der Waals surface area contributed by atoms with Crippen LogP contribution in [0.2, 0.25) is 0 Å². The van der Waals surface area contributed by atoms with Gasteiger partial charge in [-0.15, -0.1) is 0 Å². The molecule has 0 saturated carbocycles. The number of fused-ring (bicyclic) bond motifs is 1. The molecule has 3 amide bonds. The number of halogens is 1. The first-order chi connectivity index (χ1) is 14.0. The van der Waals surface area contributed by atoms with Gasteiger partial charge in [0.1, 0.15) is 5.75 Å². The molecule has 9 heteroatoms. The van der Waals surface area contributed by atoms with Crippen LogP contribution < -0.4 is 4.74 Å². The van der Waals surface area contributed by atoms with Crippen LogP contribution in [0.4, 0.5) is 4.79 Å². The minimum absolute atomic E-state index is 0.126. The Hall–Kier alpha value is -2.11. The van der Waals surface area contributed by atoms with E-state index in [1.54, 1.807) is 12.1 Å². The van der Waals surface area contributed by atoms with Crippen LogP contribution in [0.25, 0.3) is 0 Å². The summed E-state index contributed by atoms with van der Waals surface area (Å²) in [5.74, 6) is 0.0572. The molecule has 29 heavy (non-hydrogen) atoms. The van der Waals surface area contributed by atoms with E-state index in [0.717, 1.165) is 20.9 Å². The largest absolute Gasteiger partial charge is 0.472 e. The highest BCUT2D eigenvalue weighted by Gasteiger charge is 2.40. The summed E-state index contributed by atoms with van der Waals surface area (Å²) in [5, 5.41) is -0.329. The van der Waals surface area contributed by atoms with Gasteiger partial charge in [-0.3, -0.25) is 19.3 Å². The van der Waals surface area contributed by atoms with Crippen molar-refractivity contribution in [3.05, 3.63) is 63.2 Å². The van der Waals surface area contributed by atoms with Crippen molar-refractivity contribution in [3.63, 3.8) is 0 Å². The van der Waals surface area contributed by atoms with Gasteiger partial charge in [0, 0.05) is 10.1 Å². The van der Waals surface area contributed by atoms with E-state index in [2.05, 4.69) is 22.6 Å². The molecule has 2 aliphatic heterocycles. The van der Waals surface area contributed by atoms with Crippen molar-refractivity contribution in [2.45, 2.75) is 12.0 Å². The first-order valence-corrected chi connectivity index (χ1v) is 10.9. The van der Waals surface area contributed by atoms with Gasteiger partial charge in [-0.25, -0.2) is 0 Å². The quantitative estimate of drug-likeness (QED) is 0.540. The molecule has 0 radical (unpaired) electrons. The van der Waals surface area contributed by atoms with E-state index in [4.69, 9.17) is 9.47 Å². The number of amides is 3. The fourth-order valence-electron chi connectivity index (χ4n) is 3.04. The molecule has 2 aliphatic rings. The molecule has 1 saturated heterocycles. The molecule has 0 N–H and O–H groups in total. The summed E-state index contributed by atoms with van der Waals surface area (Å²) >= 11 is 3.00. The molecule has 1 atom stereocenters. The van der Waals surface area contributed by atoms with Gasteiger partial charge in [0.15, 0.2) is 12.2 Å². The molecule has 7 nitrogen and oxygen atoms in total. The average molecular weight is 524 g/mol. The predicted octanol–water partition coefficient (Wildman–Crippen LogP) is 3.32. The molecule has 4 rings (SSSR count). The van der Waals surface area contributed by atoms with Crippen LogP contribution >= 0.6 is 34.4 Å². The average Bonchev–Trinajstić information content (AvgIpc) is 2.98. The van der Waals surface area contributed by atoms with Gasteiger partial charge in [-0.05, 0) is 58.1 Å². The number of hydrogen-bond donors (Lipinski definition) is 0. The van der Waals surface area contributed by atoms with Crippen LogP contribution in [0.5, 0.6) is 5.75 Å². The maximum absolute atomic E-state index is 12.6. The fourth-order valence-corrected chi connectivity index (χ4v) is 4.39. The Labute approximate surface area is 185 Å². The molecule has 0 aliphatic carbocycles. The number of imide groups is 1. The van der Waals surface area contributed by atoms with Crippen molar-refractivity contribution >= 4 is 51.4 Å². The topological polar surface area (TPSA) is 76.2 Å². The highest BCUT2D eigenvalue weighted by molar-refractivity contribution is 14.1. The molecule has 2 aromatic carbocycles. The third kappa shape index (κ3) is 4.41. The molecular weight excluding hydrogens is 507 g/mol. The summed E-state index contributed by atoms with van der Waals surface area (Å²) in [7, 11) is 0. The van der Waals surface area contributed by atoms with E-state index < -0.39 is 5.44 Å². The number of nitrogens with zero attached hydrogens (tertiary/aromatic N) is 2. The monoisotopic (exact) mass is 524 g/mol. The van der Waals surface area contributed by atoms with Crippen molar-refractivity contribution in [2.24, 2.45) is 0 Å². The molecule has 2 aromatic rings. The Morgan fingerprint density at radius 2 is 1.93 bits per heavy atom. The molecule has 0 bridgehead atoms. The van der Waals surface area contributed by atoms with Gasteiger partial charge in [-0.1, -0.05) is 30.3 Å². The summed E-state index contributed by atoms with van der Waals surface area (Å²) in [6.45, 7) is 0.741. The number of ether oxygens (including phenoxy) is 2. The van der Waals surface area contributed by atoms with Gasteiger partial charge in [-0.2, -0.15) is 0 Å². The van der Waals surface area contributed by atoms with Crippen LogP contribution in [0.1, 0.15) is 15.9 Å². The Balaban J connectivity index is 1.31. The van der Waals surface area contributed by atoms with Gasteiger partial charge >= 0.3 is 0 Å². The van der Waals surface area contributed by atoms with Gasteiger partial charge in [0.2, 0.25) is 0 Å². The number of carbonyl (C=O) groups is 3. The minimum Gasteiger partial charge on any atom is -0.472 e. The van der Waals surface area contributed by atoms with Crippen LogP contribution in [0.3, 0.4) is 0 Å². The second-order valence-corrected chi connectivity index (χ2v) is 8.74. The van der Waals surface area contributed by atoms with Crippen molar-refractivity contribution < 1.29 is 23.9 Å². The van der Waals surface area contributed by atoms with E-state index in [1.807, 2.05) is 36.4 Å². The van der Waals surface area contributed by atoms with E-state index in [9.17, 15) is 14.4 Å². The zero-order chi connectivity index (χ0) is 20.4. The smallest absolute Gasteiger partial charge is 0.291 e. The van der Waals surface area contributed by atoms with Crippen molar-refractivity contribution in [2.75, 3.05) is 19.9 Å². The van der Waals surface area contributed by atoms with Crippen LogP contribution in [-0.2, 0) is 16.1 Å². The van der Waals surface area contributed by atoms with Crippen LogP contribution in [-0.4, -0.2) is 52.2 Å². The SMILES string of the molecule is O=C1c2cc(I)ccc2OCN1CCOC1SC(=O)N(Cc2ccccc2)C1=O. The number of carbonyl (C=O) groups excluding carboxylic acids is 3. The maximum atomic E-state index is 12.6. The van der Waals surface area contributed by atoms with Crippen molar-refractivity contribution in [1.29, 1.82) is 0 Å². The maximum Gasteiger partial charge on any atom is 0.291 e. The number of thioether (sulfide) groups is 1. The molecule has 0 aromatic heterocycles. The minimum atomic E-state index is -0.889. The second kappa shape index (κ2) is 8.72. The van der Waals surface area contributed by atoms with Crippen LogP contribution in [0, 0.1) is 3.57 Å². The summed E-state index contributed by atoms with van der Waals surface area (Å²) in [6.07, 6.45) is 0. The molecule has 1 unspecified atom stereocenters. The highest BCUT2D eigenvalue weighted by Crippen LogP contribution is 2.30. The van der Waals surface area contributed by atoms with Crippen molar-refractivity contribution in [3.8, 4) is 5.75 Å². The van der Waals surface area contributed by atoms with Gasteiger partial charge in [0.25, 0.3) is 17.1 Å². The number of benzene rings is 2. The van der Waals surface area contributed by atoms with E-state index >= 15 is 0 Å². The summed E-state index contributed by atoms with van der Waals surface area (Å²) in [5.41, 5.74) is 0.499. The Kier molecular flexibility index (Phi) is 6.07. The Bertz CT molecular complexity index is 955. The summed E-state index contributed by atoms with van der Waals surface area (Å²) < 4.78 is 12.2. The van der Waals surface area contributed by atoms with Gasteiger partial charge in [0.05, 0.1) is 18.7 Å². The van der Waals surface area contributed by atoms with Crippen molar-refractivity contribution in [1.82, 2.24) is 9.80 Å². The number of rotatable bonds is 6. The molecule has 2 heterocycles. The fraction of sp³-hybridized carbons (Fsp3) is 0.250.